The van der Waals surface area contributed by atoms with Crippen molar-refractivity contribution in [2.45, 2.75) is 64.1 Å². The number of carbonyl (C=O) groups excluding carboxylic acids is 2. The summed E-state index contributed by atoms with van der Waals surface area (Å²) < 4.78 is 0. The van der Waals surface area contributed by atoms with Gasteiger partial charge in [0.2, 0.25) is 11.8 Å². The Kier molecular flexibility index (Phi) is 8.59. The number of benzene rings is 3. The van der Waals surface area contributed by atoms with Crippen LogP contribution in [0, 0.1) is 6.92 Å². The number of nitrogens with one attached hydrogen (secondary N) is 1. The lowest BCUT2D eigenvalue weighted by Gasteiger charge is -2.32. The highest BCUT2D eigenvalue weighted by Crippen LogP contribution is 2.21. The van der Waals surface area contributed by atoms with Crippen molar-refractivity contribution in [3.05, 3.63) is 106 Å². The van der Waals surface area contributed by atoms with Crippen LogP contribution >= 0.6 is 11.6 Å². The number of halogens is 1. The van der Waals surface area contributed by atoms with E-state index in [1.54, 1.807) is 4.90 Å². The maximum atomic E-state index is 13.8. The van der Waals surface area contributed by atoms with Gasteiger partial charge in [-0.3, -0.25) is 9.59 Å². The van der Waals surface area contributed by atoms with E-state index in [-0.39, 0.29) is 24.3 Å². The zero-order valence-electron chi connectivity index (χ0n) is 20.3. The summed E-state index contributed by atoms with van der Waals surface area (Å²) >= 11 is 6.10. The largest absolute Gasteiger partial charge is 0.352 e. The van der Waals surface area contributed by atoms with E-state index in [4.69, 9.17) is 11.6 Å². The van der Waals surface area contributed by atoms with Crippen molar-refractivity contribution in [3.8, 4) is 0 Å². The smallest absolute Gasteiger partial charge is 0.243 e. The Morgan fingerprint density at radius 2 is 1.51 bits per heavy atom. The van der Waals surface area contributed by atoms with Crippen LogP contribution in [0.5, 0.6) is 0 Å². The topological polar surface area (TPSA) is 49.4 Å². The molecule has 4 nitrogen and oxygen atoms in total. The zero-order valence-corrected chi connectivity index (χ0v) is 21.0. The van der Waals surface area contributed by atoms with Crippen LogP contribution in [0.15, 0.2) is 78.9 Å². The molecule has 1 saturated carbocycles. The van der Waals surface area contributed by atoms with Crippen molar-refractivity contribution in [2.75, 3.05) is 0 Å². The highest BCUT2D eigenvalue weighted by molar-refractivity contribution is 6.30. The van der Waals surface area contributed by atoms with Gasteiger partial charge in [0.25, 0.3) is 0 Å². The van der Waals surface area contributed by atoms with Gasteiger partial charge in [-0.2, -0.15) is 0 Å². The number of rotatable bonds is 9. The van der Waals surface area contributed by atoms with Crippen LogP contribution < -0.4 is 5.32 Å². The molecule has 0 saturated heterocycles. The second-order valence-electron chi connectivity index (χ2n) is 9.51. The van der Waals surface area contributed by atoms with Gasteiger partial charge in [0, 0.05) is 24.0 Å². The quantitative estimate of drug-likeness (QED) is 0.408. The molecule has 35 heavy (non-hydrogen) atoms. The number of nitrogens with zero attached hydrogens (tertiary/aromatic N) is 1. The second kappa shape index (κ2) is 12.0. The number of hydrogen-bond acceptors (Lipinski definition) is 2. The molecule has 0 aromatic heterocycles. The Morgan fingerprint density at radius 1 is 0.886 bits per heavy atom. The summed E-state index contributed by atoms with van der Waals surface area (Å²) in [7, 11) is 0. The highest BCUT2D eigenvalue weighted by Gasteiger charge is 2.32. The number of aryl methyl sites for hydroxylation is 1. The molecule has 0 spiro atoms. The molecule has 0 unspecified atom stereocenters. The van der Waals surface area contributed by atoms with Crippen LogP contribution in [0.2, 0.25) is 5.02 Å². The zero-order chi connectivity index (χ0) is 24.6. The fraction of sp³-hybridized carbons (Fsp3) is 0.333. The average Bonchev–Trinajstić information content (AvgIpc) is 3.37. The first-order valence-corrected chi connectivity index (χ1v) is 12.8. The average molecular weight is 489 g/mol. The lowest BCUT2D eigenvalue weighted by molar-refractivity contribution is -0.141. The maximum Gasteiger partial charge on any atom is 0.243 e. The first kappa shape index (κ1) is 25.0. The van der Waals surface area contributed by atoms with Gasteiger partial charge in [-0.1, -0.05) is 96.7 Å². The van der Waals surface area contributed by atoms with Gasteiger partial charge < -0.3 is 10.2 Å². The van der Waals surface area contributed by atoms with E-state index in [9.17, 15) is 9.59 Å². The summed E-state index contributed by atoms with van der Waals surface area (Å²) in [4.78, 5) is 29.2. The molecule has 3 aromatic carbocycles. The summed E-state index contributed by atoms with van der Waals surface area (Å²) in [5, 5.41) is 3.89. The first-order chi connectivity index (χ1) is 17.0. The standard InChI is InChI=1S/C30H33ClN2O2/c1-22-11-13-24(14-12-22)20-29(34)33(21-25-15-17-26(31)18-16-25)28(19-23-7-3-2-4-8-23)30(35)32-27-9-5-6-10-27/h2-4,7-8,11-18,27-28H,5-6,9-10,19-21H2,1H3,(H,32,35)/t28-/m1/s1. The van der Waals surface area contributed by atoms with E-state index in [1.807, 2.05) is 85.8 Å². The van der Waals surface area contributed by atoms with Crippen molar-refractivity contribution in [1.82, 2.24) is 10.2 Å². The Bertz CT molecular complexity index is 1110. The van der Waals surface area contributed by atoms with E-state index in [0.717, 1.165) is 47.9 Å². The van der Waals surface area contributed by atoms with Gasteiger partial charge in [-0.15, -0.1) is 0 Å². The fourth-order valence-corrected chi connectivity index (χ4v) is 4.82. The SMILES string of the molecule is Cc1ccc(CC(=O)N(Cc2ccc(Cl)cc2)[C@H](Cc2ccccc2)C(=O)NC2CCCC2)cc1. The molecule has 3 aromatic rings. The van der Waals surface area contributed by atoms with E-state index in [1.165, 1.54) is 0 Å². The summed E-state index contributed by atoms with van der Waals surface area (Å²) in [6.45, 7) is 2.37. The molecule has 1 aliphatic rings. The minimum Gasteiger partial charge on any atom is -0.352 e. The molecular formula is C30H33ClN2O2. The molecule has 182 valence electrons. The molecule has 0 heterocycles. The molecule has 4 rings (SSSR count). The van der Waals surface area contributed by atoms with Gasteiger partial charge in [-0.05, 0) is 48.6 Å². The van der Waals surface area contributed by atoms with Gasteiger partial charge in [-0.25, -0.2) is 0 Å². The Balaban J connectivity index is 1.64. The lowest BCUT2D eigenvalue weighted by atomic mass is 10.0. The van der Waals surface area contributed by atoms with E-state index >= 15 is 0 Å². The monoisotopic (exact) mass is 488 g/mol. The number of amides is 2. The predicted molar refractivity (Wildman–Crippen MR) is 141 cm³/mol. The first-order valence-electron chi connectivity index (χ1n) is 12.4. The van der Waals surface area contributed by atoms with E-state index < -0.39 is 6.04 Å². The van der Waals surface area contributed by atoms with E-state index in [0.29, 0.717) is 18.0 Å². The van der Waals surface area contributed by atoms with Crippen LogP contribution in [0.4, 0.5) is 0 Å². The Morgan fingerprint density at radius 3 is 2.17 bits per heavy atom. The van der Waals surface area contributed by atoms with Crippen LogP contribution in [-0.4, -0.2) is 28.8 Å². The van der Waals surface area contributed by atoms with Crippen LogP contribution in [0.1, 0.15) is 47.9 Å². The van der Waals surface area contributed by atoms with Crippen LogP contribution in [0.25, 0.3) is 0 Å². The van der Waals surface area contributed by atoms with Gasteiger partial charge in [0.15, 0.2) is 0 Å². The van der Waals surface area contributed by atoms with Crippen molar-refractivity contribution in [1.29, 1.82) is 0 Å². The molecule has 0 radical (unpaired) electrons. The van der Waals surface area contributed by atoms with Crippen molar-refractivity contribution in [2.24, 2.45) is 0 Å². The molecular weight excluding hydrogens is 456 g/mol. The predicted octanol–water partition coefficient (Wildman–Crippen LogP) is 5.89. The van der Waals surface area contributed by atoms with E-state index in [2.05, 4.69) is 5.32 Å². The summed E-state index contributed by atoms with van der Waals surface area (Å²) in [5.41, 5.74) is 4.06. The Labute approximate surface area is 213 Å². The summed E-state index contributed by atoms with van der Waals surface area (Å²) in [5.74, 6) is -0.140. The third-order valence-corrected chi connectivity index (χ3v) is 6.97. The third-order valence-electron chi connectivity index (χ3n) is 6.71. The summed E-state index contributed by atoms with van der Waals surface area (Å²) in [6, 6.07) is 25.0. The minimum absolute atomic E-state index is 0.0636. The van der Waals surface area contributed by atoms with Gasteiger partial charge >= 0.3 is 0 Å². The van der Waals surface area contributed by atoms with Gasteiger partial charge in [0.1, 0.15) is 6.04 Å². The molecule has 1 fully saturated rings. The third kappa shape index (κ3) is 7.19. The summed E-state index contributed by atoms with van der Waals surface area (Å²) in [6.07, 6.45) is 4.98. The van der Waals surface area contributed by atoms with Crippen molar-refractivity contribution in [3.63, 3.8) is 0 Å². The Hall–Kier alpha value is -3.11. The normalized spacial score (nSPS) is 14.5. The maximum absolute atomic E-state index is 13.8. The molecule has 0 bridgehead atoms. The van der Waals surface area contributed by atoms with Crippen LogP contribution in [-0.2, 0) is 29.0 Å². The number of carbonyl (C=O) groups is 2. The fourth-order valence-electron chi connectivity index (χ4n) is 4.69. The molecule has 5 heteroatoms. The van der Waals surface area contributed by atoms with Crippen molar-refractivity contribution < 1.29 is 9.59 Å². The molecule has 1 atom stereocenters. The number of hydrogen-bond donors (Lipinski definition) is 1. The second-order valence-corrected chi connectivity index (χ2v) is 9.94. The van der Waals surface area contributed by atoms with Crippen LogP contribution in [0.3, 0.4) is 0 Å². The van der Waals surface area contributed by atoms with Crippen molar-refractivity contribution >= 4 is 23.4 Å². The minimum atomic E-state index is -0.605. The molecule has 1 N–H and O–H groups in total. The highest BCUT2D eigenvalue weighted by atomic mass is 35.5. The van der Waals surface area contributed by atoms with Gasteiger partial charge in [0.05, 0.1) is 6.42 Å². The lowest BCUT2D eigenvalue weighted by Crippen LogP contribution is -2.52. The molecule has 0 aliphatic heterocycles. The molecule has 1 aliphatic carbocycles. The molecule has 2 amide bonds.